The maximum absolute atomic E-state index is 5.01. The molecule has 0 aromatic carbocycles. The van der Waals surface area contributed by atoms with Crippen molar-refractivity contribution in [1.82, 2.24) is 0 Å². The number of nitrogens with two attached hydrogens (primary N) is 1. The molecule has 2 N–H and O–H groups in total. The SMILES string of the molecule is CCOC(=S)SN. The quantitative estimate of drug-likeness (QED) is 0.430. The molecule has 2 nitrogen and oxygen atoms in total. The Kier molecular flexibility index (Phi) is 4.49. The number of ether oxygens (including phenoxy) is 1. The van der Waals surface area contributed by atoms with Crippen LogP contribution < -0.4 is 5.14 Å². The van der Waals surface area contributed by atoms with Gasteiger partial charge in [-0.3, -0.25) is 5.14 Å². The highest BCUT2D eigenvalue weighted by Crippen LogP contribution is 1.93. The fourth-order valence-electron chi connectivity index (χ4n) is 0.152. The Morgan fingerprint density at radius 2 is 2.57 bits per heavy atom. The summed E-state index contributed by atoms with van der Waals surface area (Å²) in [7, 11) is 0. The van der Waals surface area contributed by atoms with E-state index in [1.807, 2.05) is 6.92 Å². The summed E-state index contributed by atoms with van der Waals surface area (Å²) in [5.74, 6) is 0. The predicted octanol–water partition coefficient (Wildman–Crippen LogP) is 0.915. The van der Waals surface area contributed by atoms with Crippen LogP contribution in [0.4, 0.5) is 0 Å². The third kappa shape index (κ3) is 4.04. The molecule has 0 aromatic heterocycles. The first-order chi connectivity index (χ1) is 3.31. The molecule has 0 saturated carbocycles. The van der Waals surface area contributed by atoms with Gasteiger partial charge in [-0.25, -0.2) is 0 Å². The van der Waals surface area contributed by atoms with Crippen molar-refractivity contribution in [2.75, 3.05) is 6.61 Å². The Labute approximate surface area is 52.5 Å². The number of thiocarbonyl (C=S) groups is 1. The van der Waals surface area contributed by atoms with E-state index in [1.54, 1.807) is 0 Å². The summed E-state index contributed by atoms with van der Waals surface area (Å²) in [6.45, 7) is 2.46. The van der Waals surface area contributed by atoms with Gasteiger partial charge in [-0.05, 0) is 19.1 Å². The van der Waals surface area contributed by atoms with Gasteiger partial charge in [0.1, 0.15) is 0 Å². The maximum atomic E-state index is 5.01. The van der Waals surface area contributed by atoms with Crippen LogP contribution in [0.25, 0.3) is 0 Å². The first-order valence-electron chi connectivity index (χ1n) is 1.84. The van der Waals surface area contributed by atoms with Crippen molar-refractivity contribution in [3.8, 4) is 0 Å². The summed E-state index contributed by atoms with van der Waals surface area (Å²) in [6, 6.07) is 0. The third-order valence-electron chi connectivity index (χ3n) is 0.358. The Hall–Kier alpha value is 0.200. The summed E-state index contributed by atoms with van der Waals surface area (Å²) in [5.41, 5.74) is 0. The van der Waals surface area contributed by atoms with Gasteiger partial charge in [0.15, 0.2) is 0 Å². The zero-order chi connectivity index (χ0) is 5.70. The highest BCUT2D eigenvalue weighted by Gasteiger charge is 1.87. The minimum Gasteiger partial charge on any atom is -0.478 e. The summed E-state index contributed by atoms with van der Waals surface area (Å²) in [5, 5.41) is 5.01. The van der Waals surface area contributed by atoms with Crippen LogP contribution in [0, 0.1) is 0 Å². The van der Waals surface area contributed by atoms with Crippen molar-refractivity contribution >= 4 is 28.5 Å². The first kappa shape index (κ1) is 7.20. The van der Waals surface area contributed by atoms with Crippen molar-refractivity contribution in [2.45, 2.75) is 6.92 Å². The van der Waals surface area contributed by atoms with Crippen LogP contribution in [0.2, 0.25) is 0 Å². The second-order valence-corrected chi connectivity index (χ2v) is 2.04. The van der Waals surface area contributed by atoms with Gasteiger partial charge >= 0.3 is 0 Å². The molecular formula is C3H7NOS2. The lowest BCUT2D eigenvalue weighted by molar-refractivity contribution is 0.346. The van der Waals surface area contributed by atoms with Crippen LogP contribution in [0.15, 0.2) is 0 Å². The minimum absolute atomic E-state index is 0.405. The van der Waals surface area contributed by atoms with Gasteiger partial charge in [0.25, 0.3) is 0 Å². The smallest absolute Gasteiger partial charge is 0.235 e. The maximum Gasteiger partial charge on any atom is 0.235 e. The second-order valence-electron chi connectivity index (χ2n) is 0.801. The molecule has 0 fully saturated rings. The van der Waals surface area contributed by atoms with Gasteiger partial charge in [-0.15, -0.1) is 0 Å². The summed E-state index contributed by atoms with van der Waals surface area (Å²) >= 11 is 5.53. The van der Waals surface area contributed by atoms with Crippen LogP contribution in [-0.2, 0) is 4.74 Å². The van der Waals surface area contributed by atoms with Crippen molar-refractivity contribution in [3.05, 3.63) is 0 Å². The Morgan fingerprint density at radius 1 is 2.00 bits per heavy atom. The highest BCUT2D eigenvalue weighted by atomic mass is 32.2. The summed E-state index contributed by atoms with van der Waals surface area (Å²) in [6.07, 6.45) is 0. The summed E-state index contributed by atoms with van der Waals surface area (Å²) < 4.78 is 5.17. The molecule has 0 saturated heterocycles. The minimum atomic E-state index is 0.405. The van der Waals surface area contributed by atoms with Crippen LogP contribution in [0.1, 0.15) is 6.92 Å². The third-order valence-corrected chi connectivity index (χ3v) is 1.08. The standard InChI is InChI=1S/C3H7NOS2/c1-2-5-3(6)7-4/h2,4H2,1H3. The van der Waals surface area contributed by atoms with E-state index in [0.717, 1.165) is 11.9 Å². The zero-order valence-electron chi connectivity index (χ0n) is 4.01. The molecule has 0 atom stereocenters. The Morgan fingerprint density at radius 3 is 2.71 bits per heavy atom. The van der Waals surface area contributed by atoms with Crippen molar-refractivity contribution < 1.29 is 4.74 Å². The number of hydrogen-bond donors (Lipinski definition) is 1. The zero-order valence-corrected chi connectivity index (χ0v) is 5.64. The number of hydrogen-bond acceptors (Lipinski definition) is 4. The highest BCUT2D eigenvalue weighted by molar-refractivity contribution is 8.21. The molecule has 7 heavy (non-hydrogen) atoms. The molecule has 42 valence electrons. The number of rotatable bonds is 1. The molecule has 4 heteroatoms. The van der Waals surface area contributed by atoms with Crippen LogP contribution in [0.3, 0.4) is 0 Å². The molecule has 0 aliphatic heterocycles. The van der Waals surface area contributed by atoms with Gasteiger partial charge in [0, 0.05) is 11.9 Å². The predicted molar refractivity (Wildman–Crippen MR) is 36.0 cm³/mol. The van der Waals surface area contributed by atoms with Crippen LogP contribution in [0.5, 0.6) is 0 Å². The van der Waals surface area contributed by atoms with Gasteiger partial charge < -0.3 is 4.74 Å². The Bertz CT molecular complexity index is 66.0. The first-order valence-corrected chi connectivity index (χ1v) is 3.13. The van der Waals surface area contributed by atoms with E-state index in [9.17, 15) is 0 Å². The van der Waals surface area contributed by atoms with Gasteiger partial charge in [0.05, 0.1) is 6.61 Å². The van der Waals surface area contributed by atoms with Gasteiger partial charge in [-0.2, -0.15) is 0 Å². The lowest BCUT2D eigenvalue weighted by Crippen LogP contribution is -1.98. The molecule has 0 unspecified atom stereocenters. The molecule has 0 amide bonds. The van der Waals surface area contributed by atoms with Crippen LogP contribution in [-0.4, -0.2) is 11.0 Å². The van der Waals surface area contributed by atoms with Crippen molar-refractivity contribution in [2.24, 2.45) is 5.14 Å². The Balaban J connectivity index is 3.00. The average Bonchev–Trinajstić information content (AvgIpc) is 1.68. The molecule has 0 aliphatic rings. The van der Waals surface area contributed by atoms with E-state index in [2.05, 4.69) is 12.2 Å². The lowest BCUT2D eigenvalue weighted by Gasteiger charge is -1.96. The van der Waals surface area contributed by atoms with E-state index in [4.69, 9.17) is 9.88 Å². The molecule has 0 radical (unpaired) electrons. The van der Waals surface area contributed by atoms with E-state index in [0.29, 0.717) is 11.0 Å². The van der Waals surface area contributed by atoms with Crippen molar-refractivity contribution in [3.63, 3.8) is 0 Å². The topological polar surface area (TPSA) is 35.2 Å². The van der Waals surface area contributed by atoms with E-state index < -0.39 is 0 Å². The van der Waals surface area contributed by atoms with E-state index >= 15 is 0 Å². The van der Waals surface area contributed by atoms with Gasteiger partial charge in [-0.1, -0.05) is 0 Å². The van der Waals surface area contributed by atoms with E-state index in [-0.39, 0.29) is 0 Å². The van der Waals surface area contributed by atoms with Crippen molar-refractivity contribution in [1.29, 1.82) is 0 Å². The summed E-state index contributed by atoms with van der Waals surface area (Å²) in [4.78, 5) is 0. The molecule has 0 heterocycles. The molecular weight excluding hydrogens is 130 g/mol. The average molecular weight is 137 g/mol. The molecule has 0 aliphatic carbocycles. The van der Waals surface area contributed by atoms with E-state index in [1.165, 1.54) is 0 Å². The molecule has 0 bridgehead atoms. The fourth-order valence-corrected chi connectivity index (χ4v) is 0.456. The fraction of sp³-hybridized carbons (Fsp3) is 0.667. The van der Waals surface area contributed by atoms with Gasteiger partial charge in [0.2, 0.25) is 4.38 Å². The largest absolute Gasteiger partial charge is 0.478 e. The molecule has 0 spiro atoms. The molecule has 0 aromatic rings. The lowest BCUT2D eigenvalue weighted by atomic mass is 10.9. The monoisotopic (exact) mass is 137 g/mol. The van der Waals surface area contributed by atoms with Crippen LogP contribution >= 0.6 is 24.2 Å². The second kappa shape index (κ2) is 4.36. The molecule has 0 rings (SSSR count). The normalized spacial score (nSPS) is 8.29.